The average Bonchev–Trinajstić information content (AvgIpc) is 2.53. The van der Waals surface area contributed by atoms with Crippen LogP contribution < -0.4 is 0 Å². The minimum absolute atomic E-state index is 0.274. The Morgan fingerprint density at radius 2 is 2.31 bits per heavy atom. The Morgan fingerprint density at radius 1 is 1.56 bits per heavy atom. The van der Waals surface area contributed by atoms with Gasteiger partial charge in [0.25, 0.3) is 0 Å². The van der Waals surface area contributed by atoms with Crippen LogP contribution in [0, 0.1) is 12.7 Å². The van der Waals surface area contributed by atoms with Crippen molar-refractivity contribution in [3.63, 3.8) is 0 Å². The summed E-state index contributed by atoms with van der Waals surface area (Å²) in [5.74, 6) is -0.909. The zero-order valence-corrected chi connectivity index (χ0v) is 9.03. The molecule has 0 amide bonds. The molecule has 2 aromatic heterocycles. The summed E-state index contributed by atoms with van der Waals surface area (Å²) in [6.45, 7) is 3.69. The molecule has 2 rings (SSSR count). The summed E-state index contributed by atoms with van der Waals surface area (Å²) in [5, 5.41) is 0. The Kier molecular flexibility index (Phi) is 2.60. The molecule has 0 aliphatic carbocycles. The number of pyridine rings is 1. The van der Waals surface area contributed by atoms with Crippen LogP contribution in [0.1, 0.15) is 23.1 Å². The van der Waals surface area contributed by atoms with Crippen molar-refractivity contribution < 1.29 is 13.9 Å². The number of imidazole rings is 1. The predicted molar refractivity (Wildman–Crippen MR) is 55.8 cm³/mol. The summed E-state index contributed by atoms with van der Waals surface area (Å²) in [4.78, 5) is 15.8. The number of halogens is 1. The second-order valence-electron chi connectivity index (χ2n) is 3.34. The van der Waals surface area contributed by atoms with Gasteiger partial charge in [0.2, 0.25) is 0 Å². The normalized spacial score (nSPS) is 10.7. The maximum absolute atomic E-state index is 13.1. The molecular weight excluding hydrogens is 211 g/mol. The number of carbonyl (C=O) groups is 1. The Morgan fingerprint density at radius 3 is 3.00 bits per heavy atom. The third-order valence-electron chi connectivity index (χ3n) is 2.23. The number of hydrogen-bond acceptors (Lipinski definition) is 3. The number of aromatic nitrogens is 2. The SMILES string of the molecule is CCOC(=O)c1c(C)nc2ccc(F)cn12. The van der Waals surface area contributed by atoms with E-state index < -0.39 is 11.8 Å². The molecule has 0 bridgehead atoms. The molecule has 16 heavy (non-hydrogen) atoms. The molecule has 5 heteroatoms. The van der Waals surface area contributed by atoms with Crippen LogP contribution in [-0.2, 0) is 4.74 Å². The van der Waals surface area contributed by atoms with Crippen LogP contribution in [0.2, 0.25) is 0 Å². The number of hydrogen-bond donors (Lipinski definition) is 0. The molecule has 0 fully saturated rings. The van der Waals surface area contributed by atoms with Gasteiger partial charge in [-0.1, -0.05) is 0 Å². The van der Waals surface area contributed by atoms with E-state index in [1.54, 1.807) is 13.8 Å². The highest BCUT2D eigenvalue weighted by molar-refractivity contribution is 5.90. The lowest BCUT2D eigenvalue weighted by atomic mass is 10.3. The molecule has 4 nitrogen and oxygen atoms in total. The van der Waals surface area contributed by atoms with Gasteiger partial charge in [-0.3, -0.25) is 4.40 Å². The fourth-order valence-corrected chi connectivity index (χ4v) is 1.58. The molecule has 0 radical (unpaired) electrons. The van der Waals surface area contributed by atoms with Crippen LogP contribution in [0.4, 0.5) is 4.39 Å². The van der Waals surface area contributed by atoms with Gasteiger partial charge in [0.05, 0.1) is 12.3 Å². The van der Waals surface area contributed by atoms with Crippen LogP contribution in [0.3, 0.4) is 0 Å². The molecule has 2 heterocycles. The number of fused-ring (bicyclic) bond motifs is 1. The third-order valence-corrected chi connectivity index (χ3v) is 2.23. The molecule has 0 N–H and O–H groups in total. The first-order valence-corrected chi connectivity index (χ1v) is 4.94. The largest absolute Gasteiger partial charge is 0.461 e. The van der Waals surface area contributed by atoms with Gasteiger partial charge in [-0.25, -0.2) is 14.2 Å². The molecule has 0 aliphatic heterocycles. The molecular formula is C11H11FN2O2. The van der Waals surface area contributed by atoms with Gasteiger partial charge >= 0.3 is 5.97 Å². The topological polar surface area (TPSA) is 43.6 Å². The first-order valence-electron chi connectivity index (χ1n) is 4.94. The van der Waals surface area contributed by atoms with Crippen LogP contribution in [0.25, 0.3) is 5.65 Å². The number of nitrogens with zero attached hydrogens (tertiary/aromatic N) is 2. The third kappa shape index (κ3) is 1.64. The minimum atomic E-state index is -0.488. The first-order chi connectivity index (χ1) is 7.63. The second kappa shape index (κ2) is 3.92. The van der Waals surface area contributed by atoms with Crippen molar-refractivity contribution in [2.24, 2.45) is 0 Å². The van der Waals surface area contributed by atoms with Crippen molar-refractivity contribution in [1.82, 2.24) is 9.38 Å². The smallest absolute Gasteiger partial charge is 0.357 e. The summed E-state index contributed by atoms with van der Waals surface area (Å²) in [5.41, 5.74) is 1.34. The Balaban J connectivity index is 2.62. The van der Waals surface area contributed by atoms with Crippen molar-refractivity contribution >= 4 is 11.6 Å². The van der Waals surface area contributed by atoms with Gasteiger partial charge in [0, 0.05) is 6.20 Å². The van der Waals surface area contributed by atoms with Gasteiger partial charge in [-0.15, -0.1) is 0 Å². The molecule has 0 saturated heterocycles. The highest BCUT2D eigenvalue weighted by Crippen LogP contribution is 2.14. The number of rotatable bonds is 2. The van der Waals surface area contributed by atoms with Gasteiger partial charge < -0.3 is 4.74 Å². The quantitative estimate of drug-likeness (QED) is 0.729. The van der Waals surface area contributed by atoms with Crippen LogP contribution in [-0.4, -0.2) is 22.0 Å². The van der Waals surface area contributed by atoms with E-state index in [9.17, 15) is 9.18 Å². The molecule has 2 aromatic rings. The summed E-state index contributed by atoms with van der Waals surface area (Å²) in [7, 11) is 0. The fourth-order valence-electron chi connectivity index (χ4n) is 1.58. The molecule has 0 spiro atoms. The second-order valence-corrected chi connectivity index (χ2v) is 3.34. The summed E-state index contributed by atoms with van der Waals surface area (Å²) in [6.07, 6.45) is 1.22. The van der Waals surface area contributed by atoms with E-state index in [2.05, 4.69) is 4.98 Å². The van der Waals surface area contributed by atoms with Crippen molar-refractivity contribution in [1.29, 1.82) is 0 Å². The monoisotopic (exact) mass is 222 g/mol. The average molecular weight is 222 g/mol. The summed E-state index contributed by atoms with van der Waals surface area (Å²) < 4.78 is 19.4. The summed E-state index contributed by atoms with van der Waals surface area (Å²) >= 11 is 0. The molecule has 0 unspecified atom stereocenters. The summed E-state index contributed by atoms with van der Waals surface area (Å²) in [6, 6.07) is 2.82. The van der Waals surface area contributed by atoms with Gasteiger partial charge in [0.1, 0.15) is 11.5 Å². The minimum Gasteiger partial charge on any atom is -0.461 e. The van der Waals surface area contributed by atoms with Crippen LogP contribution >= 0.6 is 0 Å². The van der Waals surface area contributed by atoms with Gasteiger partial charge in [-0.05, 0) is 26.0 Å². The van der Waals surface area contributed by atoms with Crippen molar-refractivity contribution in [3.8, 4) is 0 Å². The zero-order valence-electron chi connectivity index (χ0n) is 9.03. The zero-order chi connectivity index (χ0) is 11.7. The van der Waals surface area contributed by atoms with Gasteiger partial charge in [-0.2, -0.15) is 0 Å². The number of esters is 1. The van der Waals surface area contributed by atoms with Crippen LogP contribution in [0.15, 0.2) is 18.3 Å². The van der Waals surface area contributed by atoms with Crippen molar-refractivity contribution in [2.45, 2.75) is 13.8 Å². The Labute approximate surface area is 91.7 Å². The van der Waals surface area contributed by atoms with Crippen LogP contribution in [0.5, 0.6) is 0 Å². The number of ether oxygens (including phenoxy) is 1. The lowest BCUT2D eigenvalue weighted by Crippen LogP contribution is -2.09. The lowest BCUT2D eigenvalue weighted by molar-refractivity contribution is 0.0517. The molecule has 0 atom stereocenters. The molecule has 0 aliphatic rings. The predicted octanol–water partition coefficient (Wildman–Crippen LogP) is 1.96. The van der Waals surface area contributed by atoms with E-state index in [1.807, 2.05) is 0 Å². The number of carbonyl (C=O) groups excluding carboxylic acids is 1. The standard InChI is InChI=1S/C11H11FN2O2/c1-3-16-11(15)10-7(2)13-9-5-4-8(12)6-14(9)10/h4-6H,3H2,1-2H3. The van der Waals surface area contributed by atoms with E-state index in [-0.39, 0.29) is 12.3 Å². The highest BCUT2D eigenvalue weighted by Gasteiger charge is 2.17. The lowest BCUT2D eigenvalue weighted by Gasteiger charge is -2.02. The van der Waals surface area contributed by atoms with E-state index in [0.29, 0.717) is 11.3 Å². The van der Waals surface area contributed by atoms with E-state index >= 15 is 0 Å². The maximum Gasteiger partial charge on any atom is 0.357 e. The highest BCUT2D eigenvalue weighted by atomic mass is 19.1. The maximum atomic E-state index is 13.1. The Hall–Kier alpha value is -1.91. The number of aryl methyl sites for hydroxylation is 1. The molecule has 0 aromatic carbocycles. The van der Waals surface area contributed by atoms with E-state index in [1.165, 1.54) is 22.7 Å². The fraction of sp³-hybridized carbons (Fsp3) is 0.273. The first kappa shape index (κ1) is 10.6. The van der Waals surface area contributed by atoms with E-state index in [0.717, 1.165) is 0 Å². The molecule has 0 saturated carbocycles. The molecule has 84 valence electrons. The van der Waals surface area contributed by atoms with Crippen molar-refractivity contribution in [3.05, 3.63) is 35.5 Å². The van der Waals surface area contributed by atoms with E-state index in [4.69, 9.17) is 4.74 Å². The Bertz CT molecular complexity index is 548. The van der Waals surface area contributed by atoms with Gasteiger partial charge in [0.15, 0.2) is 5.69 Å². The van der Waals surface area contributed by atoms with Crippen molar-refractivity contribution in [2.75, 3.05) is 6.61 Å².